The van der Waals surface area contributed by atoms with Crippen molar-refractivity contribution in [2.24, 2.45) is 5.92 Å². The lowest BCUT2D eigenvalue weighted by Gasteiger charge is -2.20. The standard InChI is InChI=1S/C14H24ClN3O2S/c1-5-7-16-14-13(15)8-12(9-17-14)21(19,20)18(4)10-11(3)6-2/h8-9,11H,5-7,10H2,1-4H3,(H,16,17). The normalized spacial score (nSPS) is 13.4. The van der Waals surface area contributed by atoms with E-state index in [0.29, 0.717) is 23.3 Å². The molecule has 7 heteroatoms. The molecular formula is C14H24ClN3O2S. The predicted octanol–water partition coefficient (Wildman–Crippen LogP) is 3.22. The summed E-state index contributed by atoms with van der Waals surface area (Å²) >= 11 is 6.10. The monoisotopic (exact) mass is 333 g/mol. The number of hydrogen-bond donors (Lipinski definition) is 1. The zero-order valence-corrected chi connectivity index (χ0v) is 14.6. The number of halogens is 1. The Bertz CT molecular complexity index is 563. The van der Waals surface area contributed by atoms with Crippen molar-refractivity contribution in [1.82, 2.24) is 9.29 Å². The molecule has 0 aliphatic rings. The summed E-state index contributed by atoms with van der Waals surface area (Å²) < 4.78 is 26.3. The maximum Gasteiger partial charge on any atom is 0.244 e. The summed E-state index contributed by atoms with van der Waals surface area (Å²) in [6, 6.07) is 1.45. The van der Waals surface area contributed by atoms with Gasteiger partial charge >= 0.3 is 0 Å². The smallest absolute Gasteiger partial charge is 0.244 e. The molecule has 1 aromatic rings. The molecule has 0 saturated heterocycles. The van der Waals surface area contributed by atoms with Crippen LogP contribution in [0.4, 0.5) is 5.82 Å². The second-order valence-corrected chi connectivity index (χ2v) is 7.68. The molecule has 0 aliphatic heterocycles. The molecule has 120 valence electrons. The van der Waals surface area contributed by atoms with Gasteiger partial charge in [0, 0.05) is 26.3 Å². The van der Waals surface area contributed by atoms with Crippen LogP contribution < -0.4 is 5.32 Å². The Balaban J connectivity index is 2.96. The SMILES string of the molecule is CCCNc1ncc(S(=O)(=O)N(C)CC(C)CC)cc1Cl. The fourth-order valence-electron chi connectivity index (χ4n) is 1.78. The lowest BCUT2D eigenvalue weighted by molar-refractivity contribution is 0.393. The number of sulfonamides is 1. The van der Waals surface area contributed by atoms with Gasteiger partial charge in [-0.1, -0.05) is 38.8 Å². The van der Waals surface area contributed by atoms with Crippen LogP contribution in [-0.4, -0.2) is 37.8 Å². The van der Waals surface area contributed by atoms with Gasteiger partial charge < -0.3 is 5.32 Å². The van der Waals surface area contributed by atoms with Crippen molar-refractivity contribution < 1.29 is 8.42 Å². The fourth-order valence-corrected chi connectivity index (χ4v) is 3.34. The van der Waals surface area contributed by atoms with Gasteiger partial charge in [-0.25, -0.2) is 17.7 Å². The van der Waals surface area contributed by atoms with E-state index in [1.54, 1.807) is 7.05 Å². The highest BCUT2D eigenvalue weighted by molar-refractivity contribution is 7.89. The van der Waals surface area contributed by atoms with E-state index in [4.69, 9.17) is 11.6 Å². The molecule has 0 saturated carbocycles. The molecule has 0 fully saturated rings. The van der Waals surface area contributed by atoms with Gasteiger partial charge in [-0.2, -0.15) is 0 Å². The number of hydrogen-bond acceptors (Lipinski definition) is 4. The van der Waals surface area contributed by atoms with Crippen molar-refractivity contribution in [3.05, 3.63) is 17.3 Å². The third-order valence-corrected chi connectivity index (χ3v) is 5.41. The highest BCUT2D eigenvalue weighted by atomic mass is 35.5. The van der Waals surface area contributed by atoms with E-state index in [2.05, 4.69) is 10.3 Å². The maximum absolute atomic E-state index is 12.5. The van der Waals surface area contributed by atoms with Gasteiger partial charge in [0.1, 0.15) is 10.7 Å². The summed E-state index contributed by atoms with van der Waals surface area (Å²) in [5.41, 5.74) is 0. The fraction of sp³-hybridized carbons (Fsp3) is 0.643. The first-order valence-electron chi connectivity index (χ1n) is 7.18. The van der Waals surface area contributed by atoms with Crippen molar-refractivity contribution in [3.8, 4) is 0 Å². The minimum atomic E-state index is -3.55. The summed E-state index contributed by atoms with van der Waals surface area (Å²) in [4.78, 5) is 4.24. The van der Waals surface area contributed by atoms with E-state index in [1.165, 1.54) is 16.6 Å². The molecule has 21 heavy (non-hydrogen) atoms. The molecule has 0 aliphatic carbocycles. The summed E-state index contributed by atoms with van der Waals surface area (Å²) in [6.07, 6.45) is 3.22. The molecule has 0 radical (unpaired) electrons. The molecule has 1 N–H and O–H groups in total. The topological polar surface area (TPSA) is 62.3 Å². The zero-order chi connectivity index (χ0) is 16.0. The van der Waals surface area contributed by atoms with Crippen molar-refractivity contribution in [2.45, 2.75) is 38.5 Å². The van der Waals surface area contributed by atoms with E-state index in [9.17, 15) is 8.42 Å². The van der Waals surface area contributed by atoms with Gasteiger partial charge in [0.05, 0.1) is 5.02 Å². The van der Waals surface area contributed by atoms with E-state index >= 15 is 0 Å². The van der Waals surface area contributed by atoms with Gasteiger partial charge in [-0.3, -0.25) is 0 Å². The number of anilines is 1. The average molecular weight is 334 g/mol. The van der Waals surface area contributed by atoms with Crippen LogP contribution in [0.2, 0.25) is 5.02 Å². The van der Waals surface area contributed by atoms with Crippen LogP contribution in [0.25, 0.3) is 0 Å². The van der Waals surface area contributed by atoms with Crippen LogP contribution in [0.3, 0.4) is 0 Å². The van der Waals surface area contributed by atoms with Gasteiger partial charge in [0.2, 0.25) is 10.0 Å². The third-order valence-electron chi connectivity index (χ3n) is 3.33. The quantitative estimate of drug-likeness (QED) is 0.793. The lowest BCUT2D eigenvalue weighted by Crippen LogP contribution is -2.31. The van der Waals surface area contributed by atoms with Crippen LogP contribution in [0.5, 0.6) is 0 Å². The largest absolute Gasteiger partial charge is 0.369 e. The van der Waals surface area contributed by atoms with Crippen LogP contribution in [0, 0.1) is 5.92 Å². The Labute approximate surface area is 132 Å². The molecule has 5 nitrogen and oxygen atoms in total. The molecule has 1 aromatic heterocycles. The minimum Gasteiger partial charge on any atom is -0.369 e. The predicted molar refractivity (Wildman–Crippen MR) is 87.3 cm³/mol. The third kappa shape index (κ3) is 4.83. The van der Waals surface area contributed by atoms with Gasteiger partial charge in [0.25, 0.3) is 0 Å². The number of pyridine rings is 1. The number of aromatic nitrogens is 1. The van der Waals surface area contributed by atoms with E-state index in [-0.39, 0.29) is 4.90 Å². The van der Waals surface area contributed by atoms with Crippen molar-refractivity contribution in [1.29, 1.82) is 0 Å². The summed E-state index contributed by atoms with van der Waals surface area (Å²) in [5.74, 6) is 0.820. The second kappa shape index (κ2) is 7.96. The first-order chi connectivity index (χ1) is 9.82. The highest BCUT2D eigenvalue weighted by Crippen LogP contribution is 2.24. The van der Waals surface area contributed by atoms with Crippen LogP contribution in [0.15, 0.2) is 17.2 Å². The molecule has 1 atom stereocenters. The highest BCUT2D eigenvalue weighted by Gasteiger charge is 2.23. The Hall–Kier alpha value is -0.850. The summed E-state index contributed by atoms with van der Waals surface area (Å²) in [6.45, 7) is 7.31. The molecular weight excluding hydrogens is 310 g/mol. The van der Waals surface area contributed by atoms with Gasteiger partial charge in [-0.05, 0) is 18.4 Å². The Morgan fingerprint density at radius 1 is 1.43 bits per heavy atom. The molecule has 0 spiro atoms. The Kier molecular flexibility index (Phi) is 6.90. The molecule has 0 aromatic carbocycles. The first kappa shape index (κ1) is 18.2. The maximum atomic E-state index is 12.5. The van der Waals surface area contributed by atoms with Gasteiger partial charge in [0.15, 0.2) is 0 Å². The van der Waals surface area contributed by atoms with E-state index in [1.807, 2.05) is 20.8 Å². The molecule has 1 unspecified atom stereocenters. The summed E-state index contributed by atoms with van der Waals surface area (Å²) in [5, 5.41) is 3.38. The van der Waals surface area contributed by atoms with Gasteiger partial charge in [-0.15, -0.1) is 0 Å². The van der Waals surface area contributed by atoms with Crippen molar-refractivity contribution in [2.75, 3.05) is 25.5 Å². The lowest BCUT2D eigenvalue weighted by atomic mass is 10.1. The first-order valence-corrected chi connectivity index (χ1v) is 9.00. The number of nitrogens with zero attached hydrogens (tertiary/aromatic N) is 2. The minimum absolute atomic E-state index is 0.125. The van der Waals surface area contributed by atoms with E-state index < -0.39 is 10.0 Å². The molecule has 0 bridgehead atoms. The second-order valence-electron chi connectivity index (χ2n) is 5.23. The van der Waals surface area contributed by atoms with Crippen LogP contribution in [0.1, 0.15) is 33.6 Å². The number of rotatable bonds is 8. The Morgan fingerprint density at radius 2 is 2.10 bits per heavy atom. The molecule has 1 heterocycles. The molecule has 0 amide bonds. The Morgan fingerprint density at radius 3 is 2.62 bits per heavy atom. The zero-order valence-electron chi connectivity index (χ0n) is 13.1. The number of nitrogens with one attached hydrogen (secondary N) is 1. The van der Waals surface area contributed by atoms with Crippen molar-refractivity contribution >= 4 is 27.4 Å². The van der Waals surface area contributed by atoms with Crippen molar-refractivity contribution in [3.63, 3.8) is 0 Å². The summed E-state index contributed by atoms with van der Waals surface area (Å²) in [7, 11) is -1.96. The molecule has 1 rings (SSSR count). The average Bonchev–Trinajstić information content (AvgIpc) is 2.45. The van der Waals surface area contributed by atoms with E-state index in [0.717, 1.165) is 19.4 Å². The van der Waals surface area contributed by atoms with Crippen LogP contribution in [-0.2, 0) is 10.0 Å². The van der Waals surface area contributed by atoms with Crippen LogP contribution >= 0.6 is 11.6 Å².